The summed E-state index contributed by atoms with van der Waals surface area (Å²) < 4.78 is 57.0. The number of hydrogen-bond acceptors (Lipinski definition) is 12. The van der Waals surface area contributed by atoms with Crippen LogP contribution in [-0.4, -0.2) is 262 Å². The van der Waals surface area contributed by atoms with Gasteiger partial charge in [0.25, 0.3) is 0 Å². The number of nitrogens with one attached hydrogen (secondary N) is 3. The molecule has 101 heavy (non-hydrogen) atoms. The lowest BCUT2D eigenvalue weighted by atomic mass is 9.78. The molecule has 8 fully saturated rings. The molecule has 4 saturated carbocycles. The van der Waals surface area contributed by atoms with E-state index in [1.807, 2.05) is 20.8 Å². The van der Waals surface area contributed by atoms with Crippen molar-refractivity contribution in [3.05, 3.63) is 0 Å². The van der Waals surface area contributed by atoms with Crippen LogP contribution in [0.3, 0.4) is 0 Å². The Bertz CT molecular complexity index is 2990. The Morgan fingerprint density at radius 3 is 1.81 bits per heavy atom. The van der Waals surface area contributed by atoms with Gasteiger partial charge in [-0.05, 0) is 139 Å². The maximum Gasteiger partial charge on any atom is 0.394 e. The van der Waals surface area contributed by atoms with Crippen molar-refractivity contribution < 1.29 is 75.1 Å². The number of fused-ring (bicyclic) bond motifs is 2. The van der Waals surface area contributed by atoms with E-state index in [-0.39, 0.29) is 82.7 Å². The van der Waals surface area contributed by atoms with Crippen molar-refractivity contribution in [1.29, 1.82) is 0 Å². The van der Waals surface area contributed by atoms with E-state index < -0.39 is 193 Å². The van der Waals surface area contributed by atoms with Gasteiger partial charge in [0, 0.05) is 68.5 Å². The van der Waals surface area contributed by atoms with E-state index in [1.165, 1.54) is 83.5 Å². The highest BCUT2D eigenvalue weighted by Crippen LogP contribution is 2.43. The quantitative estimate of drug-likeness (QED) is 0.202. The van der Waals surface area contributed by atoms with E-state index in [2.05, 4.69) is 16.0 Å². The van der Waals surface area contributed by atoms with Gasteiger partial charge >= 0.3 is 6.18 Å². The average molecular weight is 1430 g/mol. The van der Waals surface area contributed by atoms with Crippen LogP contribution in [0.25, 0.3) is 0 Å². The molecule has 3 unspecified atom stereocenters. The molecule has 568 valence electrons. The Morgan fingerprint density at radius 1 is 0.584 bits per heavy atom. The first-order valence-corrected chi connectivity index (χ1v) is 37.8. The highest BCUT2D eigenvalue weighted by Gasteiger charge is 2.53. The molecule has 4 heterocycles. The maximum absolute atomic E-state index is 15.7. The molecular weight excluding hydrogens is 1310 g/mol. The minimum atomic E-state index is -4.75. The second-order valence-corrected chi connectivity index (χ2v) is 31.5. The standard InChI is InChI=1S/C73H116F4N12O12/c1-12-45(4)60-69(99)82(7)46(5)64(94)89-38-32-54(89)67(97)84(9)56(41-47-23-14-13-15-24-47)66(96)81(6)43-58(90)78-52(31-29-48-28-30-50(51(74)40-48)73(75,76)77)65(95)88-37-22-27-53(88)63(93)80-72(33-18-19-34-72)71(101)86(11)61(49-25-16-17-26-49)70(100)85(10)57(68(98)87-35-20-21-36-87)42-59(91)83(8)55(39-44(2)3)62(92)79-60/h44-57,60-61H,12-43H2,1-11H3,(H,78,90)(H,79,92)(H,80,93)/t45-,46-,48?,50?,51?,52-,53-,54-,55-,56-,57-,60-,61-/m0/s1. The van der Waals surface area contributed by atoms with Crippen molar-refractivity contribution in [3.63, 3.8) is 0 Å². The largest absolute Gasteiger partial charge is 0.394 e. The number of hydrogen-bond donors (Lipinski definition) is 3. The van der Waals surface area contributed by atoms with Crippen molar-refractivity contribution in [2.45, 2.75) is 280 Å². The minimum Gasteiger partial charge on any atom is -0.343 e. The third-order valence-corrected chi connectivity index (χ3v) is 24.2. The van der Waals surface area contributed by atoms with Gasteiger partial charge in [-0.25, -0.2) is 4.39 Å². The van der Waals surface area contributed by atoms with Gasteiger partial charge < -0.3 is 60.0 Å². The first-order chi connectivity index (χ1) is 47.7. The number of amides is 12. The molecule has 0 radical (unpaired) electrons. The third-order valence-electron chi connectivity index (χ3n) is 24.2. The molecule has 8 aliphatic rings. The van der Waals surface area contributed by atoms with Crippen molar-refractivity contribution in [3.8, 4) is 0 Å². The highest BCUT2D eigenvalue weighted by molar-refractivity contribution is 6.01. The van der Waals surface area contributed by atoms with Crippen molar-refractivity contribution in [2.24, 2.45) is 35.5 Å². The van der Waals surface area contributed by atoms with Gasteiger partial charge in [-0.1, -0.05) is 91.9 Å². The lowest BCUT2D eigenvalue weighted by Gasteiger charge is -2.45. The van der Waals surface area contributed by atoms with E-state index in [9.17, 15) is 41.9 Å². The summed E-state index contributed by atoms with van der Waals surface area (Å²) in [6.07, 6.45) is 2.69. The predicted octanol–water partition coefficient (Wildman–Crippen LogP) is 5.97. The molecule has 0 bridgehead atoms. The molecule has 0 aromatic rings. The van der Waals surface area contributed by atoms with Gasteiger partial charge in [0.1, 0.15) is 66.1 Å². The molecular formula is C73H116F4N12O12. The summed E-state index contributed by atoms with van der Waals surface area (Å²) in [5.74, 6) is -11.2. The second-order valence-electron chi connectivity index (χ2n) is 31.5. The summed E-state index contributed by atoms with van der Waals surface area (Å²) >= 11 is 0. The first kappa shape index (κ1) is 80.1. The van der Waals surface area contributed by atoms with Crippen LogP contribution in [0.2, 0.25) is 0 Å². The number of carbonyl (C=O) groups excluding carboxylic acids is 12. The van der Waals surface area contributed by atoms with Gasteiger partial charge in [-0.2, -0.15) is 13.2 Å². The van der Waals surface area contributed by atoms with E-state index in [1.54, 1.807) is 11.8 Å². The van der Waals surface area contributed by atoms with Gasteiger partial charge in [0.15, 0.2) is 0 Å². The number of nitrogens with zero attached hydrogens (tertiary/aromatic N) is 9. The topological polar surface area (TPSA) is 270 Å². The van der Waals surface area contributed by atoms with E-state index in [0.29, 0.717) is 64.5 Å². The van der Waals surface area contributed by atoms with Crippen molar-refractivity contribution in [1.82, 2.24) is 60.0 Å². The zero-order valence-electron chi connectivity index (χ0n) is 61.8. The number of alkyl halides is 4. The van der Waals surface area contributed by atoms with Crippen LogP contribution in [0.1, 0.15) is 208 Å². The molecule has 8 rings (SSSR count). The lowest BCUT2D eigenvalue weighted by Crippen LogP contribution is -2.65. The van der Waals surface area contributed by atoms with Crippen LogP contribution < -0.4 is 16.0 Å². The van der Waals surface area contributed by atoms with Crippen LogP contribution in [0, 0.1) is 35.5 Å². The monoisotopic (exact) mass is 1430 g/mol. The summed E-state index contributed by atoms with van der Waals surface area (Å²) in [6.45, 7) is 9.22. The molecule has 12 amide bonds. The maximum atomic E-state index is 15.7. The van der Waals surface area contributed by atoms with Crippen LogP contribution >= 0.6 is 0 Å². The van der Waals surface area contributed by atoms with Gasteiger partial charge in [0.2, 0.25) is 70.9 Å². The molecule has 1 spiro atoms. The number of likely N-dealkylation sites (N-methyl/N-ethyl adjacent to an activating group) is 6. The van der Waals surface area contributed by atoms with Crippen LogP contribution in [0.15, 0.2) is 0 Å². The molecule has 13 atom stereocenters. The highest BCUT2D eigenvalue weighted by atomic mass is 19.4. The van der Waals surface area contributed by atoms with Crippen molar-refractivity contribution in [2.75, 3.05) is 75.0 Å². The minimum absolute atomic E-state index is 0.00382. The molecule has 0 aromatic heterocycles. The molecule has 4 aliphatic heterocycles. The Balaban J connectivity index is 1.16. The molecule has 4 saturated heterocycles. The second kappa shape index (κ2) is 34.8. The predicted molar refractivity (Wildman–Crippen MR) is 368 cm³/mol. The number of halogens is 4. The molecule has 24 nitrogen and oxygen atoms in total. The summed E-state index contributed by atoms with van der Waals surface area (Å²) in [5, 5.41) is 8.81. The summed E-state index contributed by atoms with van der Waals surface area (Å²) in [4.78, 5) is 193. The van der Waals surface area contributed by atoms with Crippen LogP contribution in [-0.2, 0) is 57.5 Å². The van der Waals surface area contributed by atoms with E-state index in [4.69, 9.17) is 0 Å². The number of carbonyl (C=O) groups is 12. The first-order valence-electron chi connectivity index (χ1n) is 37.8. The summed E-state index contributed by atoms with van der Waals surface area (Å²) in [6, 6.07) is -10.9. The van der Waals surface area contributed by atoms with Gasteiger partial charge in [0.05, 0.1) is 18.9 Å². The Hall–Kier alpha value is -6.64. The fraction of sp³-hybridized carbons (Fsp3) is 0.836. The summed E-state index contributed by atoms with van der Waals surface area (Å²) in [7, 11) is 8.72. The van der Waals surface area contributed by atoms with Gasteiger partial charge in [-0.15, -0.1) is 0 Å². The normalized spacial score (nSPS) is 31.6. The zero-order chi connectivity index (χ0) is 74.1. The van der Waals surface area contributed by atoms with Crippen LogP contribution in [0.4, 0.5) is 17.6 Å². The molecule has 28 heteroatoms. The number of likely N-dealkylation sites (tertiary alicyclic amines) is 1. The fourth-order valence-corrected chi connectivity index (χ4v) is 17.4. The zero-order valence-corrected chi connectivity index (χ0v) is 61.8. The van der Waals surface area contributed by atoms with Crippen LogP contribution in [0.5, 0.6) is 0 Å². The smallest absolute Gasteiger partial charge is 0.343 e. The summed E-state index contributed by atoms with van der Waals surface area (Å²) in [5.41, 5.74) is -1.57. The molecule has 3 N–H and O–H groups in total. The molecule has 0 aromatic carbocycles. The van der Waals surface area contributed by atoms with E-state index in [0.717, 1.165) is 49.8 Å². The fourth-order valence-electron chi connectivity index (χ4n) is 17.4. The third kappa shape index (κ3) is 18.7. The van der Waals surface area contributed by atoms with Gasteiger partial charge in [-0.3, -0.25) is 57.5 Å². The lowest BCUT2D eigenvalue weighted by molar-refractivity contribution is -0.201. The Morgan fingerprint density at radius 2 is 1.22 bits per heavy atom. The Kier molecular flexibility index (Phi) is 27.6. The Labute approximate surface area is 594 Å². The average Bonchev–Trinajstić information content (AvgIpc) is 1.76. The molecule has 4 aliphatic carbocycles. The SMILES string of the molecule is CC[C@H](C)[C@@H]1NC(=O)[C@H](CC(C)C)N(C)C(=O)C[C@@H](C(=O)N2CCCC2)N(C)C(=O)[C@H](C2CCCC2)N(C)C(=O)C2(CCCC2)NC(=O)[C@@H]2CCCN2C(=O)[C@H](CCC2CCC(C(F)(F)F)C(F)C2)NC(=O)CN(C)C(=O)[C@H](CC2CCCCC2)N(C)C(=O)[C@@H]2CCN2C(=O)[C@H](C)N(C)C1=O. The number of rotatable bonds is 11. The van der Waals surface area contributed by atoms with E-state index >= 15 is 33.2 Å². The van der Waals surface area contributed by atoms with Crippen molar-refractivity contribution >= 4 is 70.9 Å².